The number of carbonyl (C=O) groups excluding carboxylic acids is 2. The Bertz CT molecular complexity index is 639. The van der Waals surface area contributed by atoms with Crippen molar-refractivity contribution < 1.29 is 14.3 Å². The molecule has 0 aromatic heterocycles. The molecule has 7 heteroatoms. The Morgan fingerprint density at radius 2 is 1.90 bits per heavy atom. The summed E-state index contributed by atoms with van der Waals surface area (Å²) < 4.78 is 7.21. The fourth-order valence-corrected chi connectivity index (χ4v) is 3.69. The quantitative estimate of drug-likeness (QED) is 0.293. The highest BCUT2D eigenvalue weighted by atomic mass is 127. The molecule has 1 aliphatic heterocycles. The number of rotatable bonds is 3. The third kappa shape index (κ3) is 3.43. The molecule has 2 rings (SSSR count). The molecule has 3 amide bonds. The molecule has 0 saturated carbocycles. The average Bonchev–Trinajstić information content (AvgIpc) is 2.67. The number of hydrogen-bond acceptors (Lipinski definition) is 3. The van der Waals surface area contributed by atoms with Crippen LogP contribution in [0.5, 0.6) is 5.75 Å². The van der Waals surface area contributed by atoms with Gasteiger partial charge in [0.05, 0.1) is 7.14 Å². The lowest BCUT2D eigenvalue weighted by Gasteiger charge is -2.09. The molecule has 5 nitrogen and oxygen atoms in total. The number of nitrogens with one attached hydrogen (secondary N) is 2. The SMILES string of the molecule is C#CCOc1c(I)cc(/C=C2/NC(=O)NC2=O)cc1I. The van der Waals surface area contributed by atoms with Gasteiger partial charge in [-0.1, -0.05) is 5.92 Å². The number of amides is 3. The van der Waals surface area contributed by atoms with Gasteiger partial charge < -0.3 is 10.1 Å². The molecular formula is C13H8I2N2O3. The summed E-state index contributed by atoms with van der Waals surface area (Å²) in [6.07, 6.45) is 6.78. The Hall–Kier alpha value is -1.28. The van der Waals surface area contributed by atoms with Crippen LogP contribution in [0, 0.1) is 19.5 Å². The maximum Gasteiger partial charge on any atom is 0.326 e. The second-order valence-corrected chi connectivity index (χ2v) is 6.10. The van der Waals surface area contributed by atoms with Crippen LogP contribution in [0.3, 0.4) is 0 Å². The van der Waals surface area contributed by atoms with Gasteiger partial charge in [-0.15, -0.1) is 6.42 Å². The Balaban J connectivity index is 2.31. The van der Waals surface area contributed by atoms with Crippen LogP contribution in [0.1, 0.15) is 5.56 Å². The Morgan fingerprint density at radius 1 is 1.25 bits per heavy atom. The summed E-state index contributed by atoms with van der Waals surface area (Å²) in [6, 6.07) is 3.18. The molecule has 0 bridgehead atoms. The largest absolute Gasteiger partial charge is 0.479 e. The molecule has 2 N–H and O–H groups in total. The second kappa shape index (κ2) is 6.45. The zero-order valence-corrected chi connectivity index (χ0v) is 14.3. The summed E-state index contributed by atoms with van der Waals surface area (Å²) in [4.78, 5) is 22.5. The fraction of sp³-hybridized carbons (Fsp3) is 0.0769. The van der Waals surface area contributed by atoms with Crippen molar-refractivity contribution in [1.82, 2.24) is 10.6 Å². The van der Waals surface area contributed by atoms with E-state index in [4.69, 9.17) is 11.2 Å². The predicted molar refractivity (Wildman–Crippen MR) is 90.9 cm³/mol. The van der Waals surface area contributed by atoms with E-state index in [1.165, 1.54) is 0 Å². The van der Waals surface area contributed by atoms with Crippen molar-refractivity contribution in [2.24, 2.45) is 0 Å². The summed E-state index contributed by atoms with van der Waals surface area (Å²) in [5, 5.41) is 4.59. The first-order valence-corrected chi connectivity index (χ1v) is 7.56. The first kappa shape index (κ1) is 15.1. The van der Waals surface area contributed by atoms with E-state index in [2.05, 4.69) is 61.7 Å². The molecule has 0 aliphatic carbocycles. The zero-order chi connectivity index (χ0) is 14.7. The van der Waals surface area contributed by atoms with Crippen LogP contribution in [-0.2, 0) is 4.79 Å². The van der Waals surface area contributed by atoms with Crippen LogP contribution in [0.15, 0.2) is 17.8 Å². The van der Waals surface area contributed by atoms with Crippen LogP contribution >= 0.6 is 45.2 Å². The number of hydrogen-bond donors (Lipinski definition) is 2. The average molecular weight is 494 g/mol. The Kier molecular flexibility index (Phi) is 4.87. The highest BCUT2D eigenvalue weighted by Gasteiger charge is 2.22. The van der Waals surface area contributed by atoms with Gasteiger partial charge in [-0.25, -0.2) is 4.79 Å². The molecule has 20 heavy (non-hydrogen) atoms. The predicted octanol–water partition coefficient (Wildman–Crippen LogP) is 2.09. The lowest BCUT2D eigenvalue weighted by molar-refractivity contribution is -0.115. The fourth-order valence-electron chi connectivity index (χ4n) is 1.56. The van der Waals surface area contributed by atoms with E-state index in [0.717, 1.165) is 12.7 Å². The van der Waals surface area contributed by atoms with Gasteiger partial charge in [0.25, 0.3) is 5.91 Å². The lowest BCUT2D eigenvalue weighted by Crippen LogP contribution is -2.22. The molecule has 1 aromatic carbocycles. The van der Waals surface area contributed by atoms with E-state index in [0.29, 0.717) is 5.75 Å². The van der Waals surface area contributed by atoms with Crippen LogP contribution in [0.4, 0.5) is 4.79 Å². The van der Waals surface area contributed by atoms with Crippen LogP contribution < -0.4 is 15.4 Å². The smallest absolute Gasteiger partial charge is 0.326 e. The number of carbonyl (C=O) groups is 2. The molecule has 1 heterocycles. The molecular weight excluding hydrogens is 486 g/mol. The summed E-state index contributed by atoms with van der Waals surface area (Å²) in [7, 11) is 0. The minimum absolute atomic E-state index is 0.199. The highest BCUT2D eigenvalue weighted by Crippen LogP contribution is 2.29. The standard InChI is InChI=1S/C13H8I2N2O3/c1-2-3-20-11-8(14)4-7(5-9(11)15)6-10-12(18)17-13(19)16-10/h1,4-6H,3H2,(H2,16,17,18,19)/b10-6+. The van der Waals surface area contributed by atoms with Crippen molar-refractivity contribution >= 4 is 63.2 Å². The Labute approximate surface area is 142 Å². The van der Waals surface area contributed by atoms with Crippen molar-refractivity contribution in [2.45, 2.75) is 0 Å². The number of ether oxygens (including phenoxy) is 1. The van der Waals surface area contributed by atoms with Gasteiger partial charge >= 0.3 is 6.03 Å². The summed E-state index contributed by atoms with van der Waals surface area (Å²) in [5.41, 5.74) is 1.01. The Morgan fingerprint density at radius 3 is 2.40 bits per heavy atom. The van der Waals surface area contributed by atoms with Gasteiger partial charge in [0, 0.05) is 0 Å². The maximum atomic E-state index is 11.5. The molecule has 0 radical (unpaired) electrons. The van der Waals surface area contributed by atoms with Crippen molar-refractivity contribution in [3.8, 4) is 18.1 Å². The van der Waals surface area contributed by atoms with E-state index in [9.17, 15) is 9.59 Å². The number of urea groups is 1. The van der Waals surface area contributed by atoms with Gasteiger partial charge in [0.15, 0.2) is 0 Å². The first-order chi connectivity index (χ1) is 9.51. The monoisotopic (exact) mass is 494 g/mol. The molecule has 1 fully saturated rings. The molecule has 1 aromatic rings. The van der Waals surface area contributed by atoms with E-state index in [-0.39, 0.29) is 12.3 Å². The number of terminal acetylenes is 1. The normalized spacial score (nSPS) is 15.8. The minimum Gasteiger partial charge on any atom is -0.479 e. The maximum absolute atomic E-state index is 11.5. The van der Waals surface area contributed by atoms with Gasteiger partial charge in [-0.2, -0.15) is 0 Å². The molecule has 1 saturated heterocycles. The van der Waals surface area contributed by atoms with Crippen LogP contribution in [0.25, 0.3) is 6.08 Å². The third-order valence-corrected chi connectivity index (χ3v) is 3.95. The van der Waals surface area contributed by atoms with Gasteiger partial charge in [0.2, 0.25) is 0 Å². The summed E-state index contributed by atoms with van der Waals surface area (Å²) in [5.74, 6) is 2.69. The van der Waals surface area contributed by atoms with E-state index < -0.39 is 11.9 Å². The summed E-state index contributed by atoms with van der Waals surface area (Å²) >= 11 is 4.26. The number of imide groups is 1. The van der Waals surface area contributed by atoms with Gasteiger partial charge in [-0.05, 0) is 69.0 Å². The second-order valence-electron chi connectivity index (χ2n) is 3.77. The molecule has 0 unspecified atom stereocenters. The molecule has 102 valence electrons. The number of benzene rings is 1. The molecule has 0 atom stereocenters. The first-order valence-electron chi connectivity index (χ1n) is 5.40. The van der Waals surface area contributed by atoms with Crippen molar-refractivity contribution in [3.63, 3.8) is 0 Å². The highest BCUT2D eigenvalue weighted by molar-refractivity contribution is 14.1. The van der Waals surface area contributed by atoms with E-state index >= 15 is 0 Å². The number of halogens is 2. The van der Waals surface area contributed by atoms with E-state index in [1.54, 1.807) is 6.08 Å². The zero-order valence-electron chi connectivity index (χ0n) is 10.00. The van der Waals surface area contributed by atoms with Crippen molar-refractivity contribution in [3.05, 3.63) is 30.5 Å². The minimum atomic E-state index is -0.514. The van der Waals surface area contributed by atoms with Crippen molar-refractivity contribution in [1.29, 1.82) is 0 Å². The lowest BCUT2D eigenvalue weighted by atomic mass is 10.2. The van der Waals surface area contributed by atoms with Crippen molar-refractivity contribution in [2.75, 3.05) is 6.61 Å². The van der Waals surface area contributed by atoms with Gasteiger partial charge in [-0.3, -0.25) is 10.1 Å². The molecule has 1 aliphatic rings. The van der Waals surface area contributed by atoms with Gasteiger partial charge in [0.1, 0.15) is 18.1 Å². The van der Waals surface area contributed by atoms with Crippen LogP contribution in [0.2, 0.25) is 0 Å². The van der Waals surface area contributed by atoms with Crippen LogP contribution in [-0.4, -0.2) is 18.5 Å². The third-order valence-electron chi connectivity index (χ3n) is 2.35. The molecule has 0 spiro atoms. The summed E-state index contributed by atoms with van der Waals surface area (Å²) in [6.45, 7) is 0.199. The van der Waals surface area contributed by atoms with E-state index in [1.807, 2.05) is 12.1 Å². The topological polar surface area (TPSA) is 67.4 Å².